The average Bonchev–Trinajstić information content (AvgIpc) is 2.63. The Kier molecular flexibility index (Phi) is 3.64. The number of halogens is 2. The fourth-order valence-electron chi connectivity index (χ4n) is 1.96. The molecule has 1 fully saturated rings. The van der Waals surface area contributed by atoms with E-state index < -0.39 is 20.7 Å². The van der Waals surface area contributed by atoms with Gasteiger partial charge < -0.3 is 5.73 Å². The predicted octanol–water partition coefficient (Wildman–Crippen LogP) is 1.45. The predicted molar refractivity (Wildman–Crippen MR) is 67.3 cm³/mol. The zero-order chi connectivity index (χ0) is 13.5. The summed E-state index contributed by atoms with van der Waals surface area (Å²) in [6.07, 6.45) is 0. The second-order valence-electron chi connectivity index (χ2n) is 4.54. The minimum absolute atomic E-state index is 0.0574. The Labute approximate surface area is 111 Å². The maximum absolute atomic E-state index is 13.6. The summed E-state index contributed by atoms with van der Waals surface area (Å²) in [6.45, 7) is 2.37. The highest BCUT2D eigenvalue weighted by molar-refractivity contribution is 7.89. The van der Waals surface area contributed by atoms with Crippen molar-refractivity contribution in [2.24, 2.45) is 11.7 Å². The summed E-state index contributed by atoms with van der Waals surface area (Å²) in [5, 5.41) is 0.187. The molecule has 2 rings (SSSR count). The molecule has 1 aromatic rings. The van der Waals surface area contributed by atoms with E-state index in [1.54, 1.807) is 0 Å². The third kappa shape index (κ3) is 2.38. The summed E-state index contributed by atoms with van der Waals surface area (Å²) in [7, 11) is -3.86. The molecule has 0 spiro atoms. The van der Waals surface area contributed by atoms with Gasteiger partial charge in [0.1, 0.15) is 10.7 Å². The molecule has 1 aliphatic heterocycles. The van der Waals surface area contributed by atoms with Gasteiger partial charge in [-0.1, -0.05) is 18.5 Å². The van der Waals surface area contributed by atoms with E-state index in [4.69, 9.17) is 17.3 Å². The van der Waals surface area contributed by atoms with Crippen molar-refractivity contribution in [2.75, 3.05) is 13.1 Å². The Morgan fingerprint density at radius 1 is 1.44 bits per heavy atom. The van der Waals surface area contributed by atoms with Gasteiger partial charge >= 0.3 is 0 Å². The molecular formula is C11H14ClFN2O2S. The first-order chi connectivity index (χ1) is 8.32. The molecule has 0 radical (unpaired) electrons. The van der Waals surface area contributed by atoms with E-state index in [1.165, 1.54) is 10.4 Å². The van der Waals surface area contributed by atoms with Crippen LogP contribution in [-0.2, 0) is 10.0 Å². The van der Waals surface area contributed by atoms with Crippen molar-refractivity contribution < 1.29 is 12.8 Å². The molecule has 2 unspecified atom stereocenters. The molecule has 1 saturated heterocycles. The van der Waals surface area contributed by atoms with Gasteiger partial charge in [-0.15, -0.1) is 0 Å². The van der Waals surface area contributed by atoms with Crippen molar-refractivity contribution in [2.45, 2.75) is 17.9 Å². The topological polar surface area (TPSA) is 63.4 Å². The highest BCUT2D eigenvalue weighted by Gasteiger charge is 2.36. The minimum atomic E-state index is -3.86. The van der Waals surface area contributed by atoms with Crippen LogP contribution in [0, 0.1) is 11.7 Å². The minimum Gasteiger partial charge on any atom is -0.326 e. The van der Waals surface area contributed by atoms with Crippen LogP contribution in [0.4, 0.5) is 4.39 Å². The molecule has 0 amide bonds. The zero-order valence-electron chi connectivity index (χ0n) is 9.81. The molecule has 100 valence electrons. The largest absolute Gasteiger partial charge is 0.326 e. The van der Waals surface area contributed by atoms with Gasteiger partial charge in [-0.25, -0.2) is 12.8 Å². The summed E-state index contributed by atoms with van der Waals surface area (Å²) in [5.41, 5.74) is 5.79. The number of hydrogen-bond donors (Lipinski definition) is 1. The van der Waals surface area contributed by atoms with Gasteiger partial charge in [0, 0.05) is 24.2 Å². The zero-order valence-corrected chi connectivity index (χ0v) is 11.4. The fraction of sp³-hybridized carbons (Fsp3) is 0.455. The van der Waals surface area contributed by atoms with E-state index in [9.17, 15) is 12.8 Å². The molecule has 4 nitrogen and oxygen atoms in total. The molecular weight excluding hydrogens is 279 g/mol. The Hall–Kier alpha value is -0.690. The van der Waals surface area contributed by atoms with Crippen LogP contribution in [0.2, 0.25) is 5.02 Å². The monoisotopic (exact) mass is 292 g/mol. The quantitative estimate of drug-likeness (QED) is 0.897. The van der Waals surface area contributed by atoms with Gasteiger partial charge in [0.15, 0.2) is 0 Å². The second kappa shape index (κ2) is 4.77. The van der Waals surface area contributed by atoms with Gasteiger partial charge in [0.05, 0.1) is 0 Å². The van der Waals surface area contributed by atoms with E-state index in [-0.39, 0.29) is 23.5 Å². The number of hydrogen-bond acceptors (Lipinski definition) is 3. The van der Waals surface area contributed by atoms with E-state index in [2.05, 4.69) is 0 Å². The number of benzene rings is 1. The van der Waals surface area contributed by atoms with Crippen molar-refractivity contribution in [3.05, 3.63) is 29.0 Å². The van der Waals surface area contributed by atoms with Crippen molar-refractivity contribution in [1.29, 1.82) is 0 Å². The number of nitrogens with zero attached hydrogens (tertiary/aromatic N) is 1. The molecule has 1 heterocycles. The van der Waals surface area contributed by atoms with Crippen LogP contribution in [0.5, 0.6) is 0 Å². The summed E-state index contributed by atoms with van der Waals surface area (Å²) < 4.78 is 39.4. The van der Waals surface area contributed by atoms with Crippen LogP contribution in [0.3, 0.4) is 0 Å². The normalized spacial score (nSPS) is 25.6. The van der Waals surface area contributed by atoms with Crippen molar-refractivity contribution >= 4 is 21.6 Å². The molecule has 1 aliphatic rings. The Morgan fingerprint density at radius 2 is 2.11 bits per heavy atom. The molecule has 2 atom stereocenters. The summed E-state index contributed by atoms with van der Waals surface area (Å²) in [6, 6.07) is 3.27. The first kappa shape index (κ1) is 13.7. The van der Waals surface area contributed by atoms with E-state index >= 15 is 0 Å². The standard InChI is InChI=1S/C11H14ClFN2O2S/c1-7-5-15(6-10(7)14)18(16,17)11-4-8(12)2-3-9(11)13/h2-4,7,10H,5-6,14H2,1H3. The first-order valence-electron chi connectivity index (χ1n) is 5.53. The van der Waals surface area contributed by atoms with Gasteiger partial charge in [-0.3, -0.25) is 0 Å². The first-order valence-corrected chi connectivity index (χ1v) is 7.35. The summed E-state index contributed by atoms with van der Waals surface area (Å²) in [4.78, 5) is -0.392. The molecule has 0 aromatic heterocycles. The Morgan fingerprint density at radius 3 is 2.67 bits per heavy atom. The van der Waals surface area contributed by atoms with E-state index in [0.29, 0.717) is 6.54 Å². The Bertz CT molecular complexity index is 554. The SMILES string of the molecule is CC1CN(S(=O)(=O)c2cc(Cl)ccc2F)CC1N. The second-order valence-corrected chi connectivity index (χ2v) is 6.88. The smallest absolute Gasteiger partial charge is 0.246 e. The third-order valence-corrected chi connectivity index (χ3v) is 5.23. The molecule has 18 heavy (non-hydrogen) atoms. The van der Waals surface area contributed by atoms with Crippen LogP contribution in [0.1, 0.15) is 6.92 Å². The van der Waals surface area contributed by atoms with E-state index in [1.807, 2.05) is 6.92 Å². The molecule has 0 aliphatic carbocycles. The molecule has 0 bridgehead atoms. The van der Waals surface area contributed by atoms with Crippen LogP contribution >= 0.6 is 11.6 Å². The summed E-state index contributed by atoms with van der Waals surface area (Å²) >= 11 is 5.71. The van der Waals surface area contributed by atoms with Crippen LogP contribution < -0.4 is 5.73 Å². The molecule has 1 aromatic carbocycles. The van der Waals surface area contributed by atoms with Crippen LogP contribution in [-0.4, -0.2) is 31.9 Å². The lowest BCUT2D eigenvalue weighted by Crippen LogP contribution is -2.32. The third-order valence-electron chi connectivity index (χ3n) is 3.15. The Balaban J connectivity index is 2.40. The van der Waals surface area contributed by atoms with Crippen molar-refractivity contribution in [1.82, 2.24) is 4.31 Å². The summed E-state index contributed by atoms with van der Waals surface area (Å²) in [5.74, 6) is -0.741. The fourth-order valence-corrected chi connectivity index (χ4v) is 3.86. The lowest BCUT2D eigenvalue weighted by Gasteiger charge is -2.16. The molecule has 0 saturated carbocycles. The van der Waals surface area contributed by atoms with Gasteiger partial charge in [-0.05, 0) is 24.1 Å². The molecule has 7 heteroatoms. The van der Waals surface area contributed by atoms with Crippen LogP contribution in [0.25, 0.3) is 0 Å². The van der Waals surface area contributed by atoms with Crippen LogP contribution in [0.15, 0.2) is 23.1 Å². The lowest BCUT2D eigenvalue weighted by molar-refractivity contribution is 0.458. The van der Waals surface area contributed by atoms with Crippen molar-refractivity contribution in [3.8, 4) is 0 Å². The number of rotatable bonds is 2. The van der Waals surface area contributed by atoms with Gasteiger partial charge in [0.2, 0.25) is 10.0 Å². The average molecular weight is 293 g/mol. The number of nitrogens with two attached hydrogens (primary N) is 1. The maximum Gasteiger partial charge on any atom is 0.246 e. The maximum atomic E-state index is 13.6. The highest BCUT2D eigenvalue weighted by Crippen LogP contribution is 2.27. The van der Waals surface area contributed by atoms with Gasteiger partial charge in [0.25, 0.3) is 0 Å². The van der Waals surface area contributed by atoms with Crippen molar-refractivity contribution in [3.63, 3.8) is 0 Å². The van der Waals surface area contributed by atoms with Gasteiger partial charge in [-0.2, -0.15) is 4.31 Å². The highest BCUT2D eigenvalue weighted by atomic mass is 35.5. The van der Waals surface area contributed by atoms with E-state index in [0.717, 1.165) is 12.1 Å². The number of sulfonamides is 1. The lowest BCUT2D eigenvalue weighted by atomic mass is 10.1. The molecule has 2 N–H and O–H groups in total.